The van der Waals surface area contributed by atoms with E-state index in [4.69, 9.17) is 4.74 Å². The van der Waals surface area contributed by atoms with Gasteiger partial charge in [-0.3, -0.25) is 4.79 Å². The number of methoxy groups -OCH3 is 1. The number of benzene rings is 1. The Labute approximate surface area is 97.5 Å². The minimum absolute atomic E-state index is 0.00619. The van der Waals surface area contributed by atoms with Gasteiger partial charge in [0.25, 0.3) is 5.56 Å². The van der Waals surface area contributed by atoms with E-state index in [9.17, 15) is 9.18 Å². The third kappa shape index (κ3) is 2.00. The Hall–Kier alpha value is -1.91. The topological polar surface area (TPSA) is 55.0 Å². The minimum Gasteiger partial charge on any atom is -0.494 e. The van der Waals surface area contributed by atoms with Crippen LogP contribution in [0, 0.1) is 5.82 Å². The molecule has 0 fully saturated rings. The highest BCUT2D eigenvalue weighted by Gasteiger charge is 2.11. The molecule has 90 valence electrons. The van der Waals surface area contributed by atoms with Crippen molar-refractivity contribution in [3.8, 4) is 5.75 Å². The monoisotopic (exact) mass is 236 g/mol. The van der Waals surface area contributed by atoms with E-state index in [2.05, 4.69) is 9.97 Å². The normalized spacial score (nSPS) is 11.1. The number of fused-ring (bicyclic) bond motifs is 1. The van der Waals surface area contributed by atoms with E-state index in [1.54, 1.807) is 0 Å². The van der Waals surface area contributed by atoms with Crippen LogP contribution in [-0.4, -0.2) is 17.1 Å². The van der Waals surface area contributed by atoms with Crippen molar-refractivity contribution in [2.75, 3.05) is 7.11 Å². The maximum absolute atomic E-state index is 13.5. The summed E-state index contributed by atoms with van der Waals surface area (Å²) in [6.07, 6.45) is 0. The predicted octanol–water partition coefficient (Wildman–Crippen LogP) is 2.19. The molecule has 0 aliphatic heterocycles. The van der Waals surface area contributed by atoms with E-state index in [0.29, 0.717) is 16.7 Å². The fourth-order valence-corrected chi connectivity index (χ4v) is 1.65. The number of nitrogens with zero attached hydrogens (tertiary/aromatic N) is 1. The van der Waals surface area contributed by atoms with E-state index < -0.39 is 5.82 Å². The molecule has 0 spiro atoms. The summed E-state index contributed by atoms with van der Waals surface area (Å²) in [5.74, 6) is -0.408. The Morgan fingerprint density at radius 2 is 2.12 bits per heavy atom. The third-order valence-corrected chi connectivity index (χ3v) is 2.54. The SMILES string of the molecule is COc1cc2[nH]c(=O)c(C(C)C)nc2cc1F. The van der Waals surface area contributed by atoms with Gasteiger partial charge in [-0.2, -0.15) is 0 Å². The summed E-state index contributed by atoms with van der Waals surface area (Å²) in [7, 11) is 1.37. The molecule has 4 nitrogen and oxygen atoms in total. The maximum Gasteiger partial charge on any atom is 0.270 e. The Kier molecular flexibility index (Phi) is 2.83. The Morgan fingerprint density at radius 1 is 1.41 bits per heavy atom. The van der Waals surface area contributed by atoms with Crippen molar-refractivity contribution in [1.82, 2.24) is 9.97 Å². The van der Waals surface area contributed by atoms with Crippen molar-refractivity contribution in [3.63, 3.8) is 0 Å². The van der Waals surface area contributed by atoms with Crippen molar-refractivity contribution in [2.45, 2.75) is 19.8 Å². The number of aromatic amines is 1. The summed E-state index contributed by atoms with van der Waals surface area (Å²) in [6, 6.07) is 2.69. The van der Waals surface area contributed by atoms with Crippen molar-refractivity contribution < 1.29 is 9.13 Å². The largest absolute Gasteiger partial charge is 0.494 e. The van der Waals surface area contributed by atoms with Gasteiger partial charge in [0.15, 0.2) is 11.6 Å². The molecule has 0 amide bonds. The number of hydrogen-bond donors (Lipinski definition) is 1. The van der Waals surface area contributed by atoms with Crippen LogP contribution in [0.3, 0.4) is 0 Å². The molecule has 0 atom stereocenters. The zero-order chi connectivity index (χ0) is 12.6. The van der Waals surface area contributed by atoms with Crippen molar-refractivity contribution in [1.29, 1.82) is 0 Å². The predicted molar refractivity (Wildman–Crippen MR) is 63.0 cm³/mol. The summed E-state index contributed by atoms with van der Waals surface area (Å²) in [5, 5.41) is 0. The number of H-pyrrole nitrogens is 1. The molecule has 0 bridgehead atoms. The summed E-state index contributed by atoms with van der Waals surface area (Å²) in [4.78, 5) is 18.6. The molecule has 0 saturated carbocycles. The molecule has 0 saturated heterocycles. The fraction of sp³-hybridized carbons (Fsp3) is 0.333. The molecule has 1 aromatic carbocycles. The van der Waals surface area contributed by atoms with Gasteiger partial charge in [-0.1, -0.05) is 13.8 Å². The van der Waals surface area contributed by atoms with Gasteiger partial charge in [0.05, 0.1) is 18.1 Å². The van der Waals surface area contributed by atoms with Crippen molar-refractivity contribution in [3.05, 3.63) is 34.0 Å². The average molecular weight is 236 g/mol. The maximum atomic E-state index is 13.5. The number of rotatable bonds is 2. The van der Waals surface area contributed by atoms with Gasteiger partial charge in [0, 0.05) is 18.1 Å². The summed E-state index contributed by atoms with van der Waals surface area (Å²) >= 11 is 0. The zero-order valence-corrected chi connectivity index (χ0v) is 9.87. The second kappa shape index (κ2) is 4.16. The Balaban J connectivity index is 2.75. The molecule has 0 aliphatic carbocycles. The molecule has 1 N–H and O–H groups in total. The summed E-state index contributed by atoms with van der Waals surface area (Å²) in [5.41, 5.74) is 1.05. The first-order valence-corrected chi connectivity index (χ1v) is 5.30. The van der Waals surface area contributed by atoms with Crippen LogP contribution in [-0.2, 0) is 0 Å². The highest BCUT2D eigenvalue weighted by atomic mass is 19.1. The van der Waals surface area contributed by atoms with Crippen LogP contribution in [0.2, 0.25) is 0 Å². The molecule has 2 aromatic rings. The van der Waals surface area contributed by atoms with Gasteiger partial charge in [0.1, 0.15) is 5.69 Å². The number of aromatic nitrogens is 2. The lowest BCUT2D eigenvalue weighted by Gasteiger charge is -2.07. The van der Waals surface area contributed by atoms with E-state index >= 15 is 0 Å². The minimum atomic E-state index is -0.491. The molecule has 1 heterocycles. The Bertz CT molecular complexity index is 620. The lowest BCUT2D eigenvalue weighted by Crippen LogP contribution is -2.16. The van der Waals surface area contributed by atoms with Gasteiger partial charge in [0.2, 0.25) is 0 Å². The molecule has 17 heavy (non-hydrogen) atoms. The average Bonchev–Trinajstić information content (AvgIpc) is 2.27. The molecule has 0 radical (unpaired) electrons. The summed E-state index contributed by atoms with van der Waals surface area (Å²) < 4.78 is 18.3. The number of halogens is 1. The third-order valence-electron chi connectivity index (χ3n) is 2.54. The smallest absolute Gasteiger partial charge is 0.270 e. The van der Waals surface area contributed by atoms with Crippen molar-refractivity contribution in [2.24, 2.45) is 0 Å². The first kappa shape index (κ1) is 11.6. The molecule has 1 aromatic heterocycles. The second-order valence-electron chi connectivity index (χ2n) is 4.11. The van der Waals surface area contributed by atoms with Crippen molar-refractivity contribution >= 4 is 11.0 Å². The van der Waals surface area contributed by atoms with Gasteiger partial charge < -0.3 is 9.72 Å². The molecule has 0 aliphatic rings. The van der Waals surface area contributed by atoms with E-state index in [-0.39, 0.29) is 17.2 Å². The van der Waals surface area contributed by atoms with Gasteiger partial charge in [-0.25, -0.2) is 9.37 Å². The summed E-state index contributed by atoms with van der Waals surface area (Å²) in [6.45, 7) is 3.73. The fourth-order valence-electron chi connectivity index (χ4n) is 1.65. The number of hydrogen-bond acceptors (Lipinski definition) is 3. The lowest BCUT2D eigenvalue weighted by molar-refractivity contribution is 0.387. The van der Waals surface area contributed by atoms with Crippen LogP contribution in [0.1, 0.15) is 25.5 Å². The molecule has 2 rings (SSSR count). The number of ether oxygens (including phenoxy) is 1. The second-order valence-corrected chi connectivity index (χ2v) is 4.11. The molecular weight excluding hydrogens is 223 g/mol. The molecule has 0 unspecified atom stereocenters. The first-order valence-electron chi connectivity index (χ1n) is 5.30. The quantitative estimate of drug-likeness (QED) is 0.869. The van der Waals surface area contributed by atoms with Crippen LogP contribution in [0.5, 0.6) is 5.75 Å². The van der Waals surface area contributed by atoms with E-state index in [1.807, 2.05) is 13.8 Å². The molecular formula is C12H13FN2O2. The number of nitrogens with one attached hydrogen (secondary N) is 1. The zero-order valence-electron chi connectivity index (χ0n) is 9.87. The van der Waals surface area contributed by atoms with E-state index in [1.165, 1.54) is 19.2 Å². The van der Waals surface area contributed by atoms with Crippen LogP contribution in [0.15, 0.2) is 16.9 Å². The van der Waals surface area contributed by atoms with Crippen LogP contribution in [0.25, 0.3) is 11.0 Å². The highest BCUT2D eigenvalue weighted by molar-refractivity contribution is 5.76. The standard InChI is InChI=1S/C12H13FN2O2/c1-6(2)11-12(16)15-9-5-10(17-3)7(13)4-8(9)14-11/h4-6H,1-3H3,(H,15,16). The highest BCUT2D eigenvalue weighted by Crippen LogP contribution is 2.22. The Morgan fingerprint density at radius 3 is 2.71 bits per heavy atom. The van der Waals surface area contributed by atoms with Gasteiger partial charge >= 0.3 is 0 Å². The van der Waals surface area contributed by atoms with Gasteiger partial charge in [-0.05, 0) is 0 Å². The van der Waals surface area contributed by atoms with Crippen LogP contribution < -0.4 is 10.3 Å². The first-order chi connectivity index (χ1) is 8.02. The molecule has 5 heteroatoms. The van der Waals surface area contributed by atoms with Crippen LogP contribution >= 0.6 is 0 Å². The van der Waals surface area contributed by atoms with E-state index in [0.717, 1.165) is 0 Å². The van der Waals surface area contributed by atoms with Crippen LogP contribution in [0.4, 0.5) is 4.39 Å². The van der Waals surface area contributed by atoms with Gasteiger partial charge in [-0.15, -0.1) is 0 Å². The lowest BCUT2D eigenvalue weighted by atomic mass is 10.1.